The summed E-state index contributed by atoms with van der Waals surface area (Å²) in [5, 5.41) is 0. The Morgan fingerprint density at radius 2 is 2.22 bits per heavy atom. The van der Waals surface area contributed by atoms with E-state index in [0.717, 1.165) is 10.6 Å². The van der Waals surface area contributed by atoms with Gasteiger partial charge in [0.05, 0.1) is 12.8 Å². The van der Waals surface area contributed by atoms with E-state index in [2.05, 4.69) is 4.98 Å². The fourth-order valence-corrected chi connectivity index (χ4v) is 2.03. The number of carbonyl (C=O) groups excluding carboxylic acids is 1. The number of methoxy groups -OCH3 is 1. The topological polar surface area (TPSA) is 57.7 Å². The maximum Gasteiger partial charge on any atom is 0.358 e. The molecule has 0 unspecified atom stereocenters. The Morgan fingerprint density at radius 3 is 2.83 bits per heavy atom. The molecule has 0 radical (unpaired) electrons. The molecule has 0 N–H and O–H groups in total. The monoisotopic (exact) mass is 271 g/mol. The summed E-state index contributed by atoms with van der Waals surface area (Å²) in [6, 6.07) is 1.77. The number of ether oxygens (including phenoxy) is 3. The highest BCUT2D eigenvalue weighted by Crippen LogP contribution is 2.26. The van der Waals surface area contributed by atoms with Crippen molar-refractivity contribution in [2.24, 2.45) is 0 Å². The third kappa shape index (κ3) is 4.19. The fourth-order valence-electron chi connectivity index (χ4n) is 1.25. The second kappa shape index (κ2) is 7.94. The summed E-state index contributed by atoms with van der Waals surface area (Å²) in [7, 11) is 1.54. The first-order chi connectivity index (χ1) is 8.72. The number of hydrogen-bond acceptors (Lipinski definition) is 6. The van der Waals surface area contributed by atoms with E-state index >= 15 is 0 Å². The molecule has 0 saturated carbocycles. The number of aromatic nitrogens is 1. The summed E-state index contributed by atoms with van der Waals surface area (Å²) < 4.78 is 15.1. The SMILES string of the molecule is CCOC(=O)c1ncc(OCOC)cc1SCC. The lowest BCUT2D eigenvalue weighted by Crippen LogP contribution is -2.09. The van der Waals surface area contributed by atoms with Crippen LogP contribution in [0.4, 0.5) is 0 Å². The van der Waals surface area contributed by atoms with Gasteiger partial charge >= 0.3 is 5.97 Å². The molecule has 0 aliphatic rings. The van der Waals surface area contributed by atoms with E-state index in [9.17, 15) is 4.79 Å². The molecule has 0 amide bonds. The normalized spacial score (nSPS) is 10.2. The van der Waals surface area contributed by atoms with Gasteiger partial charge in [0, 0.05) is 12.0 Å². The van der Waals surface area contributed by atoms with Crippen LogP contribution in [0.25, 0.3) is 0 Å². The van der Waals surface area contributed by atoms with Crippen molar-refractivity contribution in [3.8, 4) is 5.75 Å². The molecular formula is C12H17NO4S. The number of pyridine rings is 1. The number of nitrogens with zero attached hydrogens (tertiary/aromatic N) is 1. The van der Waals surface area contributed by atoms with Crippen molar-refractivity contribution < 1.29 is 19.0 Å². The molecule has 0 bridgehead atoms. The Kier molecular flexibility index (Phi) is 6.53. The summed E-state index contributed by atoms with van der Waals surface area (Å²) in [5.41, 5.74) is 0.327. The molecule has 0 aromatic carbocycles. The van der Waals surface area contributed by atoms with Crippen molar-refractivity contribution in [2.45, 2.75) is 18.7 Å². The minimum Gasteiger partial charge on any atom is -0.466 e. The van der Waals surface area contributed by atoms with E-state index in [1.165, 1.54) is 18.0 Å². The molecule has 0 fully saturated rings. The largest absolute Gasteiger partial charge is 0.466 e. The van der Waals surface area contributed by atoms with Gasteiger partial charge in [-0.25, -0.2) is 9.78 Å². The number of carbonyl (C=O) groups is 1. The lowest BCUT2D eigenvalue weighted by Gasteiger charge is -2.09. The highest BCUT2D eigenvalue weighted by Gasteiger charge is 2.15. The van der Waals surface area contributed by atoms with Gasteiger partial charge in [-0.1, -0.05) is 6.92 Å². The average Bonchev–Trinajstić information content (AvgIpc) is 2.37. The lowest BCUT2D eigenvalue weighted by atomic mass is 10.3. The van der Waals surface area contributed by atoms with Gasteiger partial charge in [-0.3, -0.25) is 0 Å². The second-order valence-electron chi connectivity index (χ2n) is 3.22. The maximum absolute atomic E-state index is 11.7. The molecule has 0 atom stereocenters. The van der Waals surface area contributed by atoms with Crippen molar-refractivity contribution in [1.29, 1.82) is 0 Å². The molecule has 0 spiro atoms. The molecular weight excluding hydrogens is 254 g/mol. The van der Waals surface area contributed by atoms with Crippen molar-refractivity contribution in [3.05, 3.63) is 18.0 Å². The Balaban J connectivity index is 2.92. The summed E-state index contributed by atoms with van der Waals surface area (Å²) in [6.45, 7) is 4.25. The maximum atomic E-state index is 11.7. The highest BCUT2D eigenvalue weighted by atomic mass is 32.2. The molecule has 0 aliphatic carbocycles. The Labute approximate surface area is 111 Å². The molecule has 18 heavy (non-hydrogen) atoms. The quantitative estimate of drug-likeness (QED) is 0.431. The first-order valence-electron chi connectivity index (χ1n) is 5.64. The zero-order chi connectivity index (χ0) is 13.4. The van der Waals surface area contributed by atoms with Crippen LogP contribution in [0.5, 0.6) is 5.75 Å². The van der Waals surface area contributed by atoms with Crippen LogP contribution in [0.15, 0.2) is 17.2 Å². The smallest absolute Gasteiger partial charge is 0.358 e. The summed E-state index contributed by atoms with van der Waals surface area (Å²) in [5.74, 6) is 0.995. The van der Waals surface area contributed by atoms with Gasteiger partial charge in [-0.2, -0.15) is 0 Å². The van der Waals surface area contributed by atoms with E-state index in [4.69, 9.17) is 14.2 Å². The minimum absolute atomic E-state index is 0.149. The summed E-state index contributed by atoms with van der Waals surface area (Å²) in [4.78, 5) is 16.5. The van der Waals surface area contributed by atoms with Crippen molar-refractivity contribution in [3.63, 3.8) is 0 Å². The van der Waals surface area contributed by atoms with Crippen LogP contribution in [-0.2, 0) is 9.47 Å². The Bertz CT molecular complexity index is 398. The van der Waals surface area contributed by atoms with Crippen LogP contribution in [0.2, 0.25) is 0 Å². The fraction of sp³-hybridized carbons (Fsp3) is 0.500. The van der Waals surface area contributed by atoms with Gasteiger partial charge in [-0.05, 0) is 18.7 Å². The van der Waals surface area contributed by atoms with E-state index in [1.807, 2.05) is 6.92 Å². The van der Waals surface area contributed by atoms with Gasteiger partial charge in [0.2, 0.25) is 0 Å². The van der Waals surface area contributed by atoms with E-state index in [-0.39, 0.29) is 6.79 Å². The average molecular weight is 271 g/mol. The van der Waals surface area contributed by atoms with Crippen LogP contribution < -0.4 is 4.74 Å². The second-order valence-corrected chi connectivity index (χ2v) is 4.53. The molecule has 0 aliphatic heterocycles. The zero-order valence-corrected chi connectivity index (χ0v) is 11.6. The molecule has 1 aromatic rings. The van der Waals surface area contributed by atoms with Crippen molar-refractivity contribution in [1.82, 2.24) is 4.98 Å². The highest BCUT2D eigenvalue weighted by molar-refractivity contribution is 7.99. The number of esters is 1. The van der Waals surface area contributed by atoms with Crippen LogP contribution >= 0.6 is 11.8 Å². The molecule has 6 heteroatoms. The van der Waals surface area contributed by atoms with E-state index < -0.39 is 5.97 Å². The first-order valence-corrected chi connectivity index (χ1v) is 6.63. The van der Waals surface area contributed by atoms with Crippen LogP contribution in [0.1, 0.15) is 24.3 Å². The van der Waals surface area contributed by atoms with Crippen LogP contribution in [-0.4, -0.2) is 37.2 Å². The van der Waals surface area contributed by atoms with Gasteiger partial charge in [-0.15, -0.1) is 11.8 Å². The van der Waals surface area contributed by atoms with Gasteiger partial charge < -0.3 is 14.2 Å². The Hall–Kier alpha value is -1.27. The van der Waals surface area contributed by atoms with Gasteiger partial charge in [0.25, 0.3) is 0 Å². The molecule has 1 heterocycles. The van der Waals surface area contributed by atoms with Gasteiger partial charge in [0.1, 0.15) is 5.75 Å². The van der Waals surface area contributed by atoms with Crippen molar-refractivity contribution in [2.75, 3.05) is 26.3 Å². The predicted molar refractivity (Wildman–Crippen MR) is 69.1 cm³/mol. The van der Waals surface area contributed by atoms with Crippen LogP contribution in [0.3, 0.4) is 0 Å². The number of hydrogen-bond donors (Lipinski definition) is 0. The summed E-state index contributed by atoms with van der Waals surface area (Å²) >= 11 is 1.52. The molecule has 1 rings (SSSR count). The number of thioether (sulfide) groups is 1. The number of rotatable bonds is 7. The molecule has 100 valence electrons. The van der Waals surface area contributed by atoms with Crippen LogP contribution in [0, 0.1) is 0 Å². The molecule has 0 saturated heterocycles. The third-order valence-corrected chi connectivity index (χ3v) is 2.85. The van der Waals surface area contributed by atoms with E-state index in [1.54, 1.807) is 20.1 Å². The van der Waals surface area contributed by atoms with E-state index in [0.29, 0.717) is 18.1 Å². The predicted octanol–water partition coefficient (Wildman–Crippen LogP) is 2.35. The van der Waals surface area contributed by atoms with Gasteiger partial charge in [0.15, 0.2) is 12.5 Å². The molecule has 1 aromatic heterocycles. The standard InChI is InChI=1S/C12H17NO4S/c1-4-16-12(14)11-10(18-5-2)6-9(7-13-11)17-8-15-3/h6-7H,4-5,8H2,1-3H3. The van der Waals surface area contributed by atoms with Crippen molar-refractivity contribution >= 4 is 17.7 Å². The third-order valence-electron chi connectivity index (χ3n) is 1.94. The Morgan fingerprint density at radius 1 is 1.44 bits per heavy atom. The summed E-state index contributed by atoms with van der Waals surface area (Å²) in [6.07, 6.45) is 1.49. The zero-order valence-electron chi connectivity index (χ0n) is 10.8. The first kappa shape index (κ1) is 14.8. The lowest BCUT2D eigenvalue weighted by molar-refractivity contribution is 0.0495. The minimum atomic E-state index is -0.410. The molecule has 5 nitrogen and oxygen atoms in total.